The highest BCUT2D eigenvalue weighted by Gasteiger charge is 2.58. The summed E-state index contributed by atoms with van der Waals surface area (Å²) in [6.07, 6.45) is 1.74. The van der Waals surface area contributed by atoms with Crippen molar-refractivity contribution in [2.45, 2.75) is 52.0 Å². The Morgan fingerprint density at radius 1 is 1.29 bits per heavy atom. The van der Waals surface area contributed by atoms with E-state index in [4.69, 9.17) is 11.6 Å². The first kappa shape index (κ1) is 19.0. The summed E-state index contributed by atoms with van der Waals surface area (Å²) in [6.45, 7) is 10.7. The number of nitrogens with zero attached hydrogens (tertiary/aromatic N) is 3. The number of carbonyl (C=O) groups is 2. The van der Waals surface area contributed by atoms with E-state index in [1.165, 1.54) is 0 Å². The first-order chi connectivity index (χ1) is 13.1. The molecule has 0 fully saturated rings. The van der Waals surface area contributed by atoms with Crippen LogP contribution in [0.4, 0.5) is 11.5 Å². The van der Waals surface area contributed by atoms with Crippen LogP contribution in [0, 0.1) is 5.92 Å². The molecule has 7 heteroatoms. The Hall–Kier alpha value is -2.34. The van der Waals surface area contributed by atoms with Gasteiger partial charge in [-0.25, -0.2) is 4.68 Å². The molecule has 2 amide bonds. The van der Waals surface area contributed by atoms with Crippen LogP contribution in [0.2, 0.25) is 5.02 Å². The van der Waals surface area contributed by atoms with Crippen LogP contribution in [-0.2, 0) is 20.5 Å². The van der Waals surface area contributed by atoms with E-state index in [1.54, 1.807) is 21.8 Å². The van der Waals surface area contributed by atoms with Crippen LogP contribution in [0.25, 0.3) is 0 Å². The zero-order valence-electron chi connectivity index (χ0n) is 16.8. The van der Waals surface area contributed by atoms with E-state index in [2.05, 4.69) is 24.3 Å². The molecule has 1 aromatic carbocycles. The normalized spacial score (nSPS) is 21.3. The largest absolute Gasteiger partial charge is 0.311 e. The van der Waals surface area contributed by atoms with Gasteiger partial charge in [0.1, 0.15) is 11.2 Å². The summed E-state index contributed by atoms with van der Waals surface area (Å²) in [4.78, 5) is 28.4. The maximum atomic E-state index is 13.8. The highest BCUT2D eigenvalue weighted by Crippen LogP contribution is 2.54. The number of anilines is 2. The van der Waals surface area contributed by atoms with Gasteiger partial charge >= 0.3 is 0 Å². The molecule has 4 rings (SSSR count). The van der Waals surface area contributed by atoms with E-state index in [-0.39, 0.29) is 29.7 Å². The number of halogens is 1. The van der Waals surface area contributed by atoms with Crippen LogP contribution < -0.4 is 10.2 Å². The standard InChI is InChI=1S/C21H25ClN4O2/c1-12(2)11-25-15-8-6-7-14(22)17(15)21(19(25)28)9-16(27)24-18-13(21)10-23-26(18)20(3,4)5/h6-8,10,12H,9,11H2,1-5H3,(H,24,27)/t21-/m0/s1. The van der Waals surface area contributed by atoms with E-state index in [0.717, 1.165) is 5.69 Å². The summed E-state index contributed by atoms with van der Waals surface area (Å²) >= 11 is 6.63. The molecular weight excluding hydrogens is 376 g/mol. The van der Waals surface area contributed by atoms with Gasteiger partial charge in [0.25, 0.3) is 0 Å². The maximum Gasteiger partial charge on any atom is 0.242 e. The van der Waals surface area contributed by atoms with Crippen LogP contribution >= 0.6 is 11.6 Å². The number of carbonyl (C=O) groups excluding carboxylic acids is 2. The quantitative estimate of drug-likeness (QED) is 0.830. The lowest BCUT2D eigenvalue weighted by atomic mass is 9.71. The summed E-state index contributed by atoms with van der Waals surface area (Å²) in [7, 11) is 0. The minimum atomic E-state index is -1.14. The lowest BCUT2D eigenvalue weighted by Crippen LogP contribution is -2.47. The summed E-state index contributed by atoms with van der Waals surface area (Å²) in [5.41, 5.74) is 0.737. The van der Waals surface area contributed by atoms with E-state index in [1.807, 2.05) is 32.9 Å². The molecule has 0 unspecified atom stereocenters. The van der Waals surface area contributed by atoms with Crippen molar-refractivity contribution in [2.75, 3.05) is 16.8 Å². The molecule has 0 radical (unpaired) electrons. The zero-order chi connectivity index (χ0) is 20.4. The van der Waals surface area contributed by atoms with Gasteiger partial charge in [0.15, 0.2) is 0 Å². The van der Waals surface area contributed by atoms with Crippen molar-refractivity contribution in [3.8, 4) is 0 Å². The third-order valence-electron chi connectivity index (χ3n) is 5.42. The van der Waals surface area contributed by atoms with Gasteiger partial charge in [0, 0.05) is 34.8 Å². The average molecular weight is 401 g/mol. The third kappa shape index (κ3) is 2.50. The summed E-state index contributed by atoms with van der Waals surface area (Å²) in [6, 6.07) is 5.55. The van der Waals surface area contributed by atoms with Crippen molar-refractivity contribution >= 4 is 34.9 Å². The Labute approximate surface area is 169 Å². The molecule has 1 atom stereocenters. The topological polar surface area (TPSA) is 67.2 Å². The first-order valence-electron chi connectivity index (χ1n) is 9.57. The van der Waals surface area contributed by atoms with E-state index >= 15 is 0 Å². The molecule has 3 heterocycles. The fraction of sp³-hybridized carbons (Fsp3) is 0.476. The molecular formula is C21H25ClN4O2. The van der Waals surface area contributed by atoms with Crippen LogP contribution in [-0.4, -0.2) is 28.1 Å². The van der Waals surface area contributed by atoms with E-state index in [9.17, 15) is 9.59 Å². The fourth-order valence-corrected chi connectivity index (χ4v) is 4.70. The minimum absolute atomic E-state index is 0.0278. The van der Waals surface area contributed by atoms with Gasteiger partial charge in [-0.05, 0) is 38.8 Å². The van der Waals surface area contributed by atoms with Crippen LogP contribution in [0.5, 0.6) is 0 Å². The number of amides is 2. The van der Waals surface area contributed by atoms with Crippen molar-refractivity contribution in [3.05, 3.63) is 40.5 Å². The van der Waals surface area contributed by atoms with Gasteiger partial charge in [-0.15, -0.1) is 0 Å². The Morgan fingerprint density at radius 2 is 2.00 bits per heavy atom. The molecule has 1 N–H and O–H groups in total. The monoisotopic (exact) mass is 400 g/mol. The maximum absolute atomic E-state index is 13.8. The second-order valence-electron chi connectivity index (χ2n) is 9.06. The Balaban J connectivity index is 2.02. The lowest BCUT2D eigenvalue weighted by Gasteiger charge is -2.34. The van der Waals surface area contributed by atoms with Crippen LogP contribution in [0.3, 0.4) is 0 Å². The van der Waals surface area contributed by atoms with Crippen molar-refractivity contribution in [1.29, 1.82) is 0 Å². The smallest absolute Gasteiger partial charge is 0.242 e. The van der Waals surface area contributed by atoms with Gasteiger partial charge in [-0.3, -0.25) is 9.59 Å². The highest BCUT2D eigenvalue weighted by atomic mass is 35.5. The van der Waals surface area contributed by atoms with E-state index < -0.39 is 5.41 Å². The molecule has 0 aliphatic carbocycles. The molecule has 1 aromatic heterocycles. The Morgan fingerprint density at radius 3 is 2.64 bits per heavy atom. The number of hydrogen-bond acceptors (Lipinski definition) is 3. The van der Waals surface area contributed by atoms with Crippen molar-refractivity contribution < 1.29 is 9.59 Å². The molecule has 2 aliphatic heterocycles. The predicted molar refractivity (Wildman–Crippen MR) is 110 cm³/mol. The molecule has 148 valence electrons. The minimum Gasteiger partial charge on any atom is -0.311 e. The van der Waals surface area contributed by atoms with Crippen molar-refractivity contribution in [1.82, 2.24) is 9.78 Å². The number of benzene rings is 1. The van der Waals surface area contributed by atoms with E-state index in [0.29, 0.717) is 28.5 Å². The molecule has 0 saturated heterocycles. The average Bonchev–Trinajstić information content (AvgIpc) is 3.10. The van der Waals surface area contributed by atoms with Crippen LogP contribution in [0.15, 0.2) is 24.4 Å². The summed E-state index contributed by atoms with van der Waals surface area (Å²) in [5, 5.41) is 7.98. The molecule has 28 heavy (non-hydrogen) atoms. The van der Waals surface area contributed by atoms with Gasteiger partial charge in [-0.1, -0.05) is 31.5 Å². The van der Waals surface area contributed by atoms with Crippen molar-refractivity contribution in [3.63, 3.8) is 0 Å². The van der Waals surface area contributed by atoms with Gasteiger partial charge in [0.05, 0.1) is 11.7 Å². The van der Waals surface area contributed by atoms with Gasteiger partial charge in [0.2, 0.25) is 11.8 Å². The highest BCUT2D eigenvalue weighted by molar-refractivity contribution is 6.33. The number of hydrogen-bond donors (Lipinski definition) is 1. The fourth-order valence-electron chi connectivity index (χ4n) is 4.37. The number of aromatic nitrogens is 2. The zero-order valence-corrected chi connectivity index (χ0v) is 17.6. The molecule has 0 bridgehead atoms. The second kappa shape index (κ2) is 6.08. The molecule has 0 saturated carbocycles. The Kier molecular flexibility index (Phi) is 4.12. The lowest BCUT2D eigenvalue weighted by molar-refractivity contribution is -0.126. The SMILES string of the molecule is CC(C)CN1C(=O)[C@]2(CC(=O)Nc3c2cnn3C(C)(C)C)c2c(Cl)cccc21. The van der Waals surface area contributed by atoms with Gasteiger partial charge in [-0.2, -0.15) is 5.10 Å². The number of nitrogens with one attached hydrogen (secondary N) is 1. The molecule has 2 aliphatic rings. The van der Waals surface area contributed by atoms with Crippen LogP contribution in [0.1, 0.15) is 52.2 Å². The number of rotatable bonds is 2. The van der Waals surface area contributed by atoms with Gasteiger partial charge < -0.3 is 10.2 Å². The molecule has 2 aromatic rings. The predicted octanol–water partition coefficient (Wildman–Crippen LogP) is 3.92. The van der Waals surface area contributed by atoms with Crippen molar-refractivity contribution in [2.24, 2.45) is 5.92 Å². The third-order valence-corrected chi connectivity index (χ3v) is 5.73. The molecule has 6 nitrogen and oxygen atoms in total. The second-order valence-corrected chi connectivity index (χ2v) is 9.47. The number of fused-ring (bicyclic) bond motifs is 4. The first-order valence-corrected chi connectivity index (χ1v) is 9.95. The summed E-state index contributed by atoms with van der Waals surface area (Å²) < 4.78 is 1.77. The Bertz CT molecular complexity index is 989. The summed E-state index contributed by atoms with van der Waals surface area (Å²) in [5.74, 6) is 0.549. The molecule has 1 spiro atoms.